The largest absolute Gasteiger partial charge is 0.480 e. The van der Waals surface area contributed by atoms with Crippen molar-refractivity contribution >= 4 is 32.5 Å². The lowest BCUT2D eigenvalue weighted by molar-refractivity contribution is -0.137. The predicted molar refractivity (Wildman–Crippen MR) is 79.0 cm³/mol. The van der Waals surface area contributed by atoms with Crippen molar-refractivity contribution in [2.75, 3.05) is 17.6 Å². The van der Waals surface area contributed by atoms with Crippen molar-refractivity contribution in [1.29, 1.82) is 0 Å². The summed E-state index contributed by atoms with van der Waals surface area (Å²) in [6.07, 6.45) is 0. The fraction of sp³-hybridized carbons (Fsp3) is 0.308. The van der Waals surface area contributed by atoms with Gasteiger partial charge < -0.3 is 15.7 Å². The first-order valence-electron chi connectivity index (χ1n) is 6.29. The van der Waals surface area contributed by atoms with Crippen molar-refractivity contribution in [1.82, 2.24) is 5.32 Å². The molecule has 0 saturated heterocycles. The number of benzene rings is 1. The zero-order chi connectivity index (χ0) is 16.8. The Kier molecular flexibility index (Phi) is 6.05. The number of hydrogen-bond donors (Lipinski definition) is 3. The maximum Gasteiger partial charge on any atom is 0.322 e. The van der Waals surface area contributed by atoms with Crippen LogP contribution in [-0.2, 0) is 24.2 Å². The molecule has 0 aromatic heterocycles. The molecule has 120 valence electrons. The van der Waals surface area contributed by atoms with Crippen LogP contribution in [0.3, 0.4) is 0 Å². The topological polar surface area (TPSA) is 130 Å². The fourth-order valence-corrected chi connectivity index (χ4v) is 2.77. The lowest BCUT2D eigenvalue weighted by Crippen LogP contribution is -2.40. The molecule has 0 aliphatic rings. The van der Waals surface area contributed by atoms with E-state index in [1.54, 1.807) is 30.3 Å². The van der Waals surface area contributed by atoms with Gasteiger partial charge >= 0.3 is 5.97 Å². The number of rotatable bonds is 7. The van der Waals surface area contributed by atoms with Crippen LogP contribution in [0, 0.1) is 0 Å². The Morgan fingerprint density at radius 2 is 1.77 bits per heavy atom. The number of amides is 1. The van der Waals surface area contributed by atoms with Gasteiger partial charge in [-0.1, -0.05) is 18.2 Å². The average molecular weight is 328 g/mol. The summed E-state index contributed by atoms with van der Waals surface area (Å²) in [6, 6.07) is 7.48. The van der Waals surface area contributed by atoms with Gasteiger partial charge in [0, 0.05) is 5.69 Å². The summed E-state index contributed by atoms with van der Waals surface area (Å²) in [4.78, 5) is 33.5. The molecule has 1 rings (SSSR count). The van der Waals surface area contributed by atoms with Gasteiger partial charge in [-0.3, -0.25) is 14.4 Å². The van der Waals surface area contributed by atoms with Gasteiger partial charge in [0.2, 0.25) is 15.7 Å². The Morgan fingerprint density at radius 1 is 1.18 bits per heavy atom. The molecule has 9 heteroatoms. The second-order valence-electron chi connectivity index (χ2n) is 4.48. The molecule has 1 amide bonds. The average Bonchev–Trinajstić information content (AvgIpc) is 2.44. The third-order valence-electron chi connectivity index (χ3n) is 2.57. The minimum atomic E-state index is -4.33. The van der Waals surface area contributed by atoms with Gasteiger partial charge in [-0.2, -0.15) is 0 Å². The number of para-hydroxylation sites is 1. The first-order valence-corrected chi connectivity index (χ1v) is 7.94. The van der Waals surface area contributed by atoms with Gasteiger partial charge in [0.15, 0.2) is 0 Å². The first kappa shape index (κ1) is 17.6. The SMILES string of the molecule is C[C@H](Nc1ccccc1)C(=O)S(=O)(=O)CC(=O)NCC(=O)O. The number of hydrogen-bond acceptors (Lipinski definition) is 6. The van der Waals surface area contributed by atoms with Crippen LogP contribution >= 0.6 is 0 Å². The molecule has 0 aliphatic heterocycles. The maximum absolute atomic E-state index is 11.9. The van der Waals surface area contributed by atoms with Crippen LogP contribution in [0.1, 0.15) is 6.92 Å². The Hall–Kier alpha value is -2.42. The van der Waals surface area contributed by atoms with Gasteiger partial charge in [0.25, 0.3) is 5.12 Å². The van der Waals surface area contributed by atoms with Crippen molar-refractivity contribution in [3.05, 3.63) is 30.3 Å². The lowest BCUT2D eigenvalue weighted by Gasteiger charge is -2.14. The summed E-state index contributed by atoms with van der Waals surface area (Å²) in [5, 5.41) is 11.9. The van der Waals surface area contributed by atoms with E-state index in [-0.39, 0.29) is 0 Å². The summed E-state index contributed by atoms with van der Waals surface area (Å²) in [5.74, 6) is -3.43. The van der Waals surface area contributed by atoms with Crippen LogP contribution in [0.15, 0.2) is 30.3 Å². The summed E-state index contributed by atoms with van der Waals surface area (Å²) in [5.41, 5.74) is 0.564. The lowest BCUT2D eigenvalue weighted by atomic mass is 10.3. The first-order chi connectivity index (χ1) is 10.2. The number of anilines is 1. The van der Waals surface area contributed by atoms with Crippen LogP contribution in [-0.4, -0.2) is 48.9 Å². The summed E-state index contributed by atoms with van der Waals surface area (Å²) >= 11 is 0. The third kappa shape index (κ3) is 5.52. The van der Waals surface area contributed by atoms with Crippen LogP contribution in [0.4, 0.5) is 5.69 Å². The van der Waals surface area contributed by atoms with Crippen LogP contribution in [0.25, 0.3) is 0 Å². The number of carbonyl (C=O) groups is 3. The Labute approximate surface area is 127 Å². The van der Waals surface area contributed by atoms with E-state index in [4.69, 9.17) is 5.11 Å². The van der Waals surface area contributed by atoms with E-state index in [0.717, 1.165) is 0 Å². The third-order valence-corrected chi connectivity index (χ3v) is 4.18. The van der Waals surface area contributed by atoms with Crippen molar-refractivity contribution in [2.24, 2.45) is 0 Å². The van der Waals surface area contributed by atoms with Gasteiger partial charge in [0.05, 0.1) is 6.04 Å². The predicted octanol–water partition coefficient (Wildman–Crippen LogP) is -0.371. The normalized spacial score (nSPS) is 12.2. The summed E-state index contributed by atoms with van der Waals surface area (Å²) in [6.45, 7) is 0.655. The van der Waals surface area contributed by atoms with Crippen molar-refractivity contribution in [3.63, 3.8) is 0 Å². The molecule has 0 radical (unpaired) electrons. The molecule has 3 N–H and O–H groups in total. The molecule has 22 heavy (non-hydrogen) atoms. The van der Waals surface area contributed by atoms with Crippen molar-refractivity contribution in [2.45, 2.75) is 13.0 Å². The Balaban J connectivity index is 2.65. The Bertz CT molecular complexity index is 656. The van der Waals surface area contributed by atoms with Crippen molar-refractivity contribution < 1.29 is 27.9 Å². The quantitative estimate of drug-likeness (QED) is 0.622. The molecular formula is C13H16N2O6S. The highest BCUT2D eigenvalue weighted by atomic mass is 32.2. The van der Waals surface area contributed by atoms with E-state index >= 15 is 0 Å². The fourth-order valence-electron chi connectivity index (χ4n) is 1.58. The Morgan fingerprint density at radius 3 is 2.32 bits per heavy atom. The molecule has 0 heterocycles. The van der Waals surface area contributed by atoms with E-state index in [0.29, 0.717) is 5.69 Å². The second-order valence-corrected chi connectivity index (χ2v) is 6.40. The number of sulfone groups is 1. The molecule has 0 aliphatic carbocycles. The van der Waals surface area contributed by atoms with Crippen LogP contribution < -0.4 is 10.6 Å². The van der Waals surface area contributed by atoms with Crippen LogP contribution in [0.2, 0.25) is 0 Å². The van der Waals surface area contributed by atoms with E-state index in [1.165, 1.54) is 6.92 Å². The van der Waals surface area contributed by atoms with E-state index < -0.39 is 45.2 Å². The monoisotopic (exact) mass is 328 g/mol. The number of nitrogens with one attached hydrogen (secondary N) is 2. The number of carboxylic acids is 1. The molecule has 0 saturated carbocycles. The van der Waals surface area contributed by atoms with Gasteiger partial charge in [-0.15, -0.1) is 0 Å². The highest BCUT2D eigenvalue weighted by Crippen LogP contribution is 2.09. The zero-order valence-electron chi connectivity index (χ0n) is 11.8. The zero-order valence-corrected chi connectivity index (χ0v) is 12.6. The highest BCUT2D eigenvalue weighted by molar-refractivity contribution is 8.06. The minimum Gasteiger partial charge on any atom is -0.480 e. The van der Waals surface area contributed by atoms with Gasteiger partial charge in [-0.05, 0) is 19.1 Å². The number of aliphatic carboxylic acids is 1. The highest BCUT2D eigenvalue weighted by Gasteiger charge is 2.30. The van der Waals surface area contributed by atoms with E-state index in [1.807, 2.05) is 5.32 Å². The smallest absolute Gasteiger partial charge is 0.322 e. The number of carboxylic acid groups (broad SMARTS) is 1. The molecule has 0 bridgehead atoms. The maximum atomic E-state index is 11.9. The van der Waals surface area contributed by atoms with E-state index in [9.17, 15) is 22.8 Å². The standard InChI is InChI=1S/C13H16N2O6S/c1-9(15-10-5-3-2-4-6-10)13(19)22(20,21)8-11(16)14-7-12(17)18/h2-6,9,15H,7-8H2,1H3,(H,14,16)(H,17,18)/t9-/m0/s1. The molecule has 8 nitrogen and oxygen atoms in total. The molecule has 1 aromatic rings. The van der Waals surface area contributed by atoms with Crippen LogP contribution in [0.5, 0.6) is 0 Å². The minimum absolute atomic E-state index is 0.564. The molecule has 0 spiro atoms. The molecule has 1 atom stereocenters. The summed E-state index contributed by atoms with van der Waals surface area (Å²) < 4.78 is 23.6. The molecular weight excluding hydrogens is 312 g/mol. The van der Waals surface area contributed by atoms with Crippen molar-refractivity contribution in [3.8, 4) is 0 Å². The van der Waals surface area contributed by atoms with Gasteiger partial charge in [0.1, 0.15) is 12.3 Å². The van der Waals surface area contributed by atoms with E-state index in [2.05, 4.69) is 5.32 Å². The molecule has 1 aromatic carbocycles. The number of carbonyl (C=O) groups excluding carboxylic acids is 2. The van der Waals surface area contributed by atoms with Gasteiger partial charge in [-0.25, -0.2) is 8.42 Å². The molecule has 0 unspecified atom stereocenters. The second kappa shape index (κ2) is 7.55. The molecule has 0 fully saturated rings. The summed E-state index contributed by atoms with van der Waals surface area (Å²) in [7, 11) is -4.33.